The van der Waals surface area contributed by atoms with Gasteiger partial charge in [-0.2, -0.15) is 0 Å². The average molecular weight is 277 g/mol. The van der Waals surface area contributed by atoms with Gasteiger partial charge in [-0.05, 0) is 17.7 Å². The molecule has 2 aromatic carbocycles. The molecule has 0 bridgehead atoms. The van der Waals surface area contributed by atoms with Crippen LogP contribution in [0.4, 0.5) is 10.5 Å². The van der Waals surface area contributed by atoms with Crippen molar-refractivity contribution in [2.75, 3.05) is 5.32 Å². The van der Waals surface area contributed by atoms with E-state index < -0.39 is 0 Å². The molecule has 0 aliphatic heterocycles. The summed E-state index contributed by atoms with van der Waals surface area (Å²) in [4.78, 5) is 16.2. The van der Waals surface area contributed by atoms with Gasteiger partial charge in [0.15, 0.2) is 0 Å². The standard InChI is InChI=1S/C17H15N3O/c21-17(19-11-13-6-2-1-3-7-13)20-15-10-14-8-4-5-9-16(14)18-12-15/h1-10,12H,11H2,(H2,19,20,21). The summed E-state index contributed by atoms with van der Waals surface area (Å²) >= 11 is 0. The van der Waals surface area contributed by atoms with E-state index in [-0.39, 0.29) is 6.03 Å². The molecule has 0 saturated carbocycles. The third-order valence-corrected chi connectivity index (χ3v) is 3.14. The number of fused-ring (bicyclic) bond motifs is 1. The van der Waals surface area contributed by atoms with Gasteiger partial charge in [0.05, 0.1) is 17.4 Å². The van der Waals surface area contributed by atoms with E-state index in [2.05, 4.69) is 15.6 Å². The Kier molecular flexibility index (Phi) is 3.78. The Balaban J connectivity index is 1.63. The molecule has 104 valence electrons. The second kappa shape index (κ2) is 6.05. The molecule has 0 unspecified atom stereocenters. The normalized spacial score (nSPS) is 10.3. The summed E-state index contributed by atoms with van der Waals surface area (Å²) in [6.45, 7) is 0.494. The van der Waals surface area contributed by atoms with Gasteiger partial charge in [-0.25, -0.2) is 4.79 Å². The molecule has 0 atom stereocenters. The summed E-state index contributed by atoms with van der Waals surface area (Å²) in [5.74, 6) is 0. The molecule has 3 rings (SSSR count). The molecular formula is C17H15N3O. The van der Waals surface area contributed by atoms with Crippen molar-refractivity contribution in [2.45, 2.75) is 6.54 Å². The van der Waals surface area contributed by atoms with Crippen LogP contribution in [-0.4, -0.2) is 11.0 Å². The molecule has 0 aliphatic carbocycles. The predicted molar refractivity (Wildman–Crippen MR) is 84.0 cm³/mol. The van der Waals surface area contributed by atoms with Gasteiger partial charge < -0.3 is 10.6 Å². The Bertz CT molecular complexity index is 756. The summed E-state index contributed by atoms with van der Waals surface area (Å²) in [7, 11) is 0. The lowest BCUT2D eigenvalue weighted by Gasteiger charge is -2.08. The molecule has 0 aliphatic rings. The van der Waals surface area contributed by atoms with Crippen LogP contribution in [0.15, 0.2) is 66.9 Å². The number of aromatic nitrogens is 1. The smallest absolute Gasteiger partial charge is 0.319 e. The van der Waals surface area contributed by atoms with Crippen LogP contribution < -0.4 is 10.6 Å². The third-order valence-electron chi connectivity index (χ3n) is 3.14. The van der Waals surface area contributed by atoms with E-state index in [9.17, 15) is 4.79 Å². The molecule has 2 amide bonds. The van der Waals surface area contributed by atoms with E-state index >= 15 is 0 Å². The van der Waals surface area contributed by atoms with Crippen molar-refractivity contribution in [1.29, 1.82) is 0 Å². The third kappa shape index (κ3) is 3.36. The van der Waals surface area contributed by atoms with Crippen LogP contribution in [0, 0.1) is 0 Å². The molecule has 0 fully saturated rings. The average Bonchev–Trinajstić information content (AvgIpc) is 2.54. The lowest BCUT2D eigenvalue weighted by molar-refractivity contribution is 0.251. The number of carbonyl (C=O) groups is 1. The van der Waals surface area contributed by atoms with Crippen molar-refractivity contribution in [3.05, 3.63) is 72.4 Å². The zero-order valence-corrected chi connectivity index (χ0v) is 11.4. The van der Waals surface area contributed by atoms with Crippen LogP contribution in [-0.2, 0) is 6.54 Å². The van der Waals surface area contributed by atoms with E-state index in [1.165, 1.54) is 0 Å². The zero-order chi connectivity index (χ0) is 14.5. The number of nitrogens with one attached hydrogen (secondary N) is 2. The van der Waals surface area contributed by atoms with Gasteiger partial charge in [0.25, 0.3) is 0 Å². The molecular weight excluding hydrogens is 262 g/mol. The Hall–Kier alpha value is -2.88. The summed E-state index contributed by atoms with van der Waals surface area (Å²) < 4.78 is 0. The summed E-state index contributed by atoms with van der Waals surface area (Å²) in [6.07, 6.45) is 1.66. The largest absolute Gasteiger partial charge is 0.334 e. The maximum Gasteiger partial charge on any atom is 0.319 e. The number of hydrogen-bond acceptors (Lipinski definition) is 2. The van der Waals surface area contributed by atoms with Gasteiger partial charge in [-0.1, -0.05) is 48.5 Å². The molecule has 3 aromatic rings. The van der Waals surface area contributed by atoms with Crippen molar-refractivity contribution in [1.82, 2.24) is 10.3 Å². The number of nitrogens with zero attached hydrogens (tertiary/aromatic N) is 1. The van der Waals surface area contributed by atoms with Crippen LogP contribution in [0.25, 0.3) is 10.9 Å². The van der Waals surface area contributed by atoms with E-state index in [0.717, 1.165) is 16.5 Å². The van der Waals surface area contributed by atoms with Crippen molar-refractivity contribution >= 4 is 22.6 Å². The highest BCUT2D eigenvalue weighted by Gasteiger charge is 2.03. The Labute approximate surface area is 122 Å². The number of carbonyl (C=O) groups excluding carboxylic acids is 1. The molecule has 0 radical (unpaired) electrons. The number of urea groups is 1. The van der Waals surface area contributed by atoms with E-state index in [4.69, 9.17) is 0 Å². The Morgan fingerprint density at radius 1 is 1.00 bits per heavy atom. The van der Waals surface area contributed by atoms with Crippen molar-refractivity contribution in [2.24, 2.45) is 0 Å². The number of pyridine rings is 1. The molecule has 0 spiro atoms. The van der Waals surface area contributed by atoms with Crippen molar-refractivity contribution in [3.8, 4) is 0 Å². The zero-order valence-electron chi connectivity index (χ0n) is 11.4. The highest BCUT2D eigenvalue weighted by Crippen LogP contribution is 2.15. The first kappa shape index (κ1) is 13.1. The molecule has 1 heterocycles. The lowest BCUT2D eigenvalue weighted by atomic mass is 10.2. The fraction of sp³-hybridized carbons (Fsp3) is 0.0588. The topological polar surface area (TPSA) is 54.0 Å². The maximum absolute atomic E-state index is 11.9. The minimum Gasteiger partial charge on any atom is -0.334 e. The minimum atomic E-state index is -0.240. The van der Waals surface area contributed by atoms with Crippen LogP contribution in [0.5, 0.6) is 0 Å². The van der Waals surface area contributed by atoms with Gasteiger partial charge in [-0.3, -0.25) is 4.98 Å². The molecule has 4 heteroatoms. The van der Waals surface area contributed by atoms with Gasteiger partial charge >= 0.3 is 6.03 Å². The molecule has 1 aromatic heterocycles. The van der Waals surface area contributed by atoms with E-state index in [1.54, 1.807) is 6.20 Å². The van der Waals surface area contributed by atoms with E-state index in [1.807, 2.05) is 60.7 Å². The number of amides is 2. The quantitative estimate of drug-likeness (QED) is 0.769. The minimum absolute atomic E-state index is 0.240. The second-order valence-corrected chi connectivity index (χ2v) is 4.71. The van der Waals surface area contributed by atoms with Gasteiger partial charge in [0.2, 0.25) is 0 Å². The van der Waals surface area contributed by atoms with E-state index in [0.29, 0.717) is 12.2 Å². The SMILES string of the molecule is O=C(NCc1ccccc1)Nc1cnc2ccccc2c1. The first-order chi connectivity index (χ1) is 10.3. The number of para-hydroxylation sites is 1. The molecule has 4 nitrogen and oxygen atoms in total. The van der Waals surface area contributed by atoms with Crippen molar-refractivity contribution in [3.63, 3.8) is 0 Å². The second-order valence-electron chi connectivity index (χ2n) is 4.71. The maximum atomic E-state index is 11.9. The van der Waals surface area contributed by atoms with Crippen LogP contribution >= 0.6 is 0 Å². The fourth-order valence-corrected chi connectivity index (χ4v) is 2.09. The highest BCUT2D eigenvalue weighted by molar-refractivity contribution is 5.91. The summed E-state index contributed by atoms with van der Waals surface area (Å²) in [5, 5.41) is 6.61. The molecule has 21 heavy (non-hydrogen) atoms. The number of anilines is 1. The summed E-state index contributed by atoms with van der Waals surface area (Å²) in [6, 6.07) is 19.2. The van der Waals surface area contributed by atoms with Crippen LogP contribution in [0.1, 0.15) is 5.56 Å². The lowest BCUT2D eigenvalue weighted by Crippen LogP contribution is -2.28. The Morgan fingerprint density at radius 2 is 1.76 bits per heavy atom. The fourth-order valence-electron chi connectivity index (χ4n) is 2.09. The monoisotopic (exact) mass is 277 g/mol. The van der Waals surface area contributed by atoms with Crippen LogP contribution in [0.3, 0.4) is 0 Å². The van der Waals surface area contributed by atoms with Crippen molar-refractivity contribution < 1.29 is 4.79 Å². The Morgan fingerprint density at radius 3 is 2.62 bits per heavy atom. The number of benzene rings is 2. The predicted octanol–water partition coefficient (Wildman–Crippen LogP) is 3.56. The van der Waals surface area contributed by atoms with Gasteiger partial charge in [0, 0.05) is 11.9 Å². The van der Waals surface area contributed by atoms with Crippen LogP contribution in [0.2, 0.25) is 0 Å². The van der Waals surface area contributed by atoms with Gasteiger partial charge in [0.1, 0.15) is 0 Å². The first-order valence-electron chi connectivity index (χ1n) is 6.75. The highest BCUT2D eigenvalue weighted by atomic mass is 16.2. The number of hydrogen-bond donors (Lipinski definition) is 2. The number of rotatable bonds is 3. The van der Waals surface area contributed by atoms with Gasteiger partial charge in [-0.15, -0.1) is 0 Å². The molecule has 0 saturated heterocycles. The molecule has 2 N–H and O–H groups in total. The first-order valence-corrected chi connectivity index (χ1v) is 6.75. The summed E-state index contributed by atoms with van der Waals surface area (Å²) in [5.41, 5.74) is 2.65.